The zero-order valence-electron chi connectivity index (χ0n) is 24.9. The normalized spacial score (nSPS) is 11.4. The molecule has 47 heavy (non-hydrogen) atoms. The van der Waals surface area contributed by atoms with E-state index in [4.69, 9.17) is 4.98 Å². The first-order chi connectivity index (χ1) is 23.3. The topological polar surface area (TPSA) is 67.7 Å². The molecule has 0 N–H and O–H groups in total. The molecule has 0 radical (unpaired) electrons. The van der Waals surface area contributed by atoms with E-state index in [1.807, 2.05) is 36.1 Å². The van der Waals surface area contributed by atoms with Gasteiger partial charge in [0.15, 0.2) is 0 Å². The largest absolute Gasteiger partial charge is 0.310 e. The molecule has 0 unspecified atom stereocenters. The predicted octanol–water partition coefficient (Wildman–Crippen LogP) is 10.7. The van der Waals surface area contributed by atoms with Crippen LogP contribution >= 0.6 is 22.7 Å². The fourth-order valence-corrected chi connectivity index (χ4v) is 7.38. The van der Waals surface area contributed by atoms with Crippen LogP contribution in [-0.4, -0.2) is 25.1 Å². The van der Waals surface area contributed by atoms with Gasteiger partial charge in [0.2, 0.25) is 0 Å². The minimum Gasteiger partial charge on any atom is -0.310 e. The molecule has 4 aromatic heterocycles. The number of thiazole rings is 1. The number of benzene rings is 5. The molecule has 0 amide bonds. The SMILES string of the molecule is c1cnc2c(c1)cc(-c1ccc3cc(N(c4ccc(-c5nccs5)cc4)c4ccc(-c5nncs5)cc4)ccc3c1)c1cccnc12. The summed E-state index contributed by atoms with van der Waals surface area (Å²) in [6.07, 6.45) is 5.51. The molecule has 0 saturated carbocycles. The van der Waals surface area contributed by atoms with Gasteiger partial charge in [0, 0.05) is 62.9 Å². The summed E-state index contributed by atoms with van der Waals surface area (Å²) in [7, 11) is 0. The predicted molar refractivity (Wildman–Crippen MR) is 195 cm³/mol. The van der Waals surface area contributed by atoms with Crippen molar-refractivity contribution < 1.29 is 0 Å². The highest BCUT2D eigenvalue weighted by molar-refractivity contribution is 7.13. The molecule has 5 aromatic carbocycles. The molecule has 0 aliphatic carbocycles. The number of rotatable bonds is 6. The van der Waals surface area contributed by atoms with Gasteiger partial charge in [-0.05, 0) is 107 Å². The monoisotopic (exact) mass is 640 g/mol. The Morgan fingerprint density at radius 3 is 1.91 bits per heavy atom. The van der Waals surface area contributed by atoms with Gasteiger partial charge in [-0.1, -0.05) is 41.7 Å². The molecule has 222 valence electrons. The maximum absolute atomic E-state index is 4.71. The summed E-state index contributed by atoms with van der Waals surface area (Å²) in [6, 6.07) is 40.9. The minimum absolute atomic E-state index is 0.906. The van der Waals surface area contributed by atoms with Crippen molar-refractivity contribution in [3.05, 3.63) is 145 Å². The fraction of sp³-hybridized carbons (Fsp3) is 0. The van der Waals surface area contributed by atoms with Crippen molar-refractivity contribution in [3.8, 4) is 32.3 Å². The van der Waals surface area contributed by atoms with E-state index < -0.39 is 0 Å². The van der Waals surface area contributed by atoms with Crippen LogP contribution in [0, 0.1) is 0 Å². The summed E-state index contributed by atoms with van der Waals surface area (Å²) in [4.78, 5) is 16.1. The van der Waals surface area contributed by atoms with Gasteiger partial charge in [0.05, 0.1) is 11.0 Å². The standard InChI is InChI=1S/C39H24N6S2/c1-3-30-23-35(34-4-2-18-41-37(34)36(30)40-17-1)29-6-5-28-22-33(16-11-27(28)21-29)45(31-12-7-25(8-13-31)38-42-19-20-46-38)32-14-9-26(10-15-32)39-44-43-24-47-39/h1-24H. The van der Waals surface area contributed by atoms with Gasteiger partial charge in [0.1, 0.15) is 15.5 Å². The minimum atomic E-state index is 0.906. The first-order valence-corrected chi connectivity index (χ1v) is 16.9. The van der Waals surface area contributed by atoms with Crippen LogP contribution in [0.1, 0.15) is 0 Å². The van der Waals surface area contributed by atoms with Crippen LogP contribution in [-0.2, 0) is 0 Å². The third-order valence-corrected chi connectivity index (χ3v) is 9.95. The summed E-state index contributed by atoms with van der Waals surface area (Å²) in [5.74, 6) is 0. The molecule has 9 aromatic rings. The van der Waals surface area contributed by atoms with Crippen LogP contribution in [0.2, 0.25) is 0 Å². The maximum atomic E-state index is 4.71. The zero-order valence-corrected chi connectivity index (χ0v) is 26.5. The van der Waals surface area contributed by atoms with Crippen molar-refractivity contribution in [1.82, 2.24) is 25.1 Å². The van der Waals surface area contributed by atoms with Crippen molar-refractivity contribution in [1.29, 1.82) is 0 Å². The van der Waals surface area contributed by atoms with Crippen molar-refractivity contribution in [3.63, 3.8) is 0 Å². The lowest BCUT2D eigenvalue weighted by molar-refractivity contribution is 1.10. The third-order valence-electron chi connectivity index (χ3n) is 8.39. The number of nitrogens with zero attached hydrogens (tertiary/aromatic N) is 6. The van der Waals surface area contributed by atoms with E-state index in [0.29, 0.717) is 0 Å². The first kappa shape index (κ1) is 27.5. The van der Waals surface area contributed by atoms with Crippen LogP contribution in [0.15, 0.2) is 145 Å². The number of hydrogen-bond acceptors (Lipinski definition) is 8. The molecule has 0 spiro atoms. The number of hydrogen-bond donors (Lipinski definition) is 0. The average molecular weight is 641 g/mol. The van der Waals surface area contributed by atoms with E-state index in [1.165, 1.54) is 16.7 Å². The molecule has 4 heterocycles. The van der Waals surface area contributed by atoms with Gasteiger partial charge < -0.3 is 4.90 Å². The average Bonchev–Trinajstić information content (AvgIpc) is 3.88. The lowest BCUT2D eigenvalue weighted by Crippen LogP contribution is -2.09. The number of pyridine rings is 2. The van der Waals surface area contributed by atoms with E-state index >= 15 is 0 Å². The molecule has 8 heteroatoms. The molecule has 0 fully saturated rings. The highest BCUT2D eigenvalue weighted by atomic mass is 32.1. The van der Waals surface area contributed by atoms with Gasteiger partial charge in [0.25, 0.3) is 0 Å². The second-order valence-corrected chi connectivity index (χ2v) is 12.9. The van der Waals surface area contributed by atoms with Gasteiger partial charge >= 0.3 is 0 Å². The Bertz CT molecular complexity index is 2430. The smallest absolute Gasteiger partial charge is 0.147 e. The van der Waals surface area contributed by atoms with Crippen LogP contribution < -0.4 is 4.90 Å². The van der Waals surface area contributed by atoms with E-state index in [1.54, 1.807) is 16.8 Å². The number of anilines is 3. The molecule has 9 rings (SSSR count). The van der Waals surface area contributed by atoms with E-state index in [2.05, 4.69) is 128 Å². The van der Waals surface area contributed by atoms with Crippen LogP contribution in [0.4, 0.5) is 17.1 Å². The molecule has 0 saturated heterocycles. The Morgan fingerprint density at radius 1 is 0.489 bits per heavy atom. The highest BCUT2D eigenvalue weighted by Crippen LogP contribution is 2.40. The Balaban J connectivity index is 1.14. The van der Waals surface area contributed by atoms with Crippen molar-refractivity contribution in [2.45, 2.75) is 0 Å². The maximum Gasteiger partial charge on any atom is 0.147 e. The van der Waals surface area contributed by atoms with E-state index in [-0.39, 0.29) is 0 Å². The Labute approximate surface area is 278 Å². The van der Waals surface area contributed by atoms with Crippen LogP contribution in [0.3, 0.4) is 0 Å². The molecular formula is C39H24N6S2. The summed E-state index contributed by atoms with van der Waals surface area (Å²) in [5, 5.41) is 16.7. The molecule has 0 aliphatic heterocycles. The van der Waals surface area contributed by atoms with Gasteiger partial charge in [-0.2, -0.15) is 0 Å². The lowest BCUT2D eigenvalue weighted by atomic mass is 9.95. The van der Waals surface area contributed by atoms with Gasteiger partial charge in [-0.25, -0.2) is 4.98 Å². The zero-order chi connectivity index (χ0) is 31.2. The van der Waals surface area contributed by atoms with Crippen molar-refractivity contribution >= 4 is 72.3 Å². The second kappa shape index (κ2) is 11.5. The molecule has 0 atom stereocenters. The summed E-state index contributed by atoms with van der Waals surface area (Å²) in [5.41, 5.74) is 11.3. The lowest BCUT2D eigenvalue weighted by Gasteiger charge is -2.26. The highest BCUT2D eigenvalue weighted by Gasteiger charge is 2.16. The number of aromatic nitrogens is 5. The number of fused-ring (bicyclic) bond motifs is 4. The van der Waals surface area contributed by atoms with Crippen LogP contribution in [0.5, 0.6) is 0 Å². The second-order valence-electron chi connectivity index (χ2n) is 11.2. The van der Waals surface area contributed by atoms with E-state index in [0.717, 1.165) is 76.5 Å². The fourth-order valence-electron chi connectivity index (χ4n) is 6.17. The summed E-state index contributed by atoms with van der Waals surface area (Å²) in [6.45, 7) is 0. The quantitative estimate of drug-likeness (QED) is 0.169. The summed E-state index contributed by atoms with van der Waals surface area (Å²) >= 11 is 3.18. The van der Waals surface area contributed by atoms with Crippen molar-refractivity contribution in [2.24, 2.45) is 0 Å². The Kier molecular flexibility index (Phi) is 6.73. The Morgan fingerprint density at radius 2 is 1.17 bits per heavy atom. The van der Waals surface area contributed by atoms with E-state index in [9.17, 15) is 0 Å². The third kappa shape index (κ3) is 5.00. The molecule has 0 bridgehead atoms. The Hall–Kier alpha value is -5.83. The summed E-state index contributed by atoms with van der Waals surface area (Å²) < 4.78 is 0. The molecule has 0 aliphatic rings. The molecular weight excluding hydrogens is 617 g/mol. The van der Waals surface area contributed by atoms with Crippen LogP contribution in [0.25, 0.3) is 64.8 Å². The van der Waals surface area contributed by atoms with Crippen molar-refractivity contribution in [2.75, 3.05) is 4.90 Å². The van der Waals surface area contributed by atoms with Gasteiger partial charge in [-0.3, -0.25) is 9.97 Å². The first-order valence-electron chi connectivity index (χ1n) is 15.1. The molecule has 6 nitrogen and oxygen atoms in total. The van der Waals surface area contributed by atoms with Gasteiger partial charge in [-0.15, -0.1) is 21.5 Å².